The highest BCUT2D eigenvalue weighted by molar-refractivity contribution is 7.89. The third-order valence-electron chi connectivity index (χ3n) is 6.13. The van der Waals surface area contributed by atoms with Gasteiger partial charge < -0.3 is 10.1 Å². The minimum atomic E-state index is -3.61. The van der Waals surface area contributed by atoms with Gasteiger partial charge in [-0.2, -0.15) is 4.31 Å². The highest BCUT2D eigenvalue weighted by atomic mass is 32.2. The number of carbonyl (C=O) groups is 2. The molecule has 28 heavy (non-hydrogen) atoms. The fourth-order valence-corrected chi connectivity index (χ4v) is 6.06. The number of amides is 1. The first kappa shape index (κ1) is 19.5. The molecule has 2 atom stereocenters. The zero-order valence-electron chi connectivity index (χ0n) is 15.8. The molecule has 4 rings (SSSR count). The molecule has 0 aromatic heterocycles. The minimum absolute atomic E-state index is 0.0104. The molecule has 3 aliphatic rings. The molecule has 1 aromatic rings. The number of nitrogens with zero attached hydrogens (tertiary/aromatic N) is 1. The third-order valence-corrected chi connectivity index (χ3v) is 8.02. The normalized spacial score (nSPS) is 28.7. The van der Waals surface area contributed by atoms with Crippen LogP contribution in [0.4, 0.5) is 5.69 Å². The van der Waals surface area contributed by atoms with Gasteiger partial charge in [-0.1, -0.05) is 12.5 Å². The van der Waals surface area contributed by atoms with Gasteiger partial charge in [0.25, 0.3) is 0 Å². The number of ketones is 1. The van der Waals surface area contributed by atoms with Crippen LogP contribution in [0.25, 0.3) is 0 Å². The molecule has 3 fully saturated rings. The second-order valence-electron chi connectivity index (χ2n) is 7.93. The summed E-state index contributed by atoms with van der Waals surface area (Å²) in [7, 11) is -3.61. The van der Waals surface area contributed by atoms with Gasteiger partial charge in [-0.15, -0.1) is 0 Å². The van der Waals surface area contributed by atoms with Gasteiger partial charge in [-0.25, -0.2) is 8.42 Å². The second-order valence-corrected chi connectivity index (χ2v) is 9.87. The lowest BCUT2D eigenvalue weighted by atomic mass is 9.67. The molecule has 7 nitrogen and oxygen atoms in total. The summed E-state index contributed by atoms with van der Waals surface area (Å²) in [4.78, 5) is 25.2. The topological polar surface area (TPSA) is 92.8 Å². The van der Waals surface area contributed by atoms with Crippen LogP contribution < -0.4 is 5.32 Å². The number of benzene rings is 1. The van der Waals surface area contributed by atoms with Gasteiger partial charge in [-0.3, -0.25) is 9.59 Å². The molecule has 1 aromatic carbocycles. The molecule has 152 valence electrons. The first-order valence-electron chi connectivity index (χ1n) is 9.97. The number of Topliss-reactive ketones (excluding diaryl/α,β-unsaturated/α-hetero) is 1. The predicted octanol–water partition coefficient (Wildman–Crippen LogP) is 2.04. The van der Waals surface area contributed by atoms with E-state index in [0.29, 0.717) is 50.6 Å². The number of hydrogen-bond acceptors (Lipinski definition) is 5. The van der Waals surface area contributed by atoms with Crippen LogP contribution in [-0.2, 0) is 24.3 Å². The van der Waals surface area contributed by atoms with E-state index >= 15 is 0 Å². The summed E-state index contributed by atoms with van der Waals surface area (Å²) in [6, 6.07) is 6.40. The molecule has 2 aliphatic carbocycles. The number of nitrogens with one attached hydrogen (secondary N) is 1. The van der Waals surface area contributed by atoms with Gasteiger partial charge in [0.05, 0.1) is 18.1 Å². The maximum absolute atomic E-state index is 12.8. The van der Waals surface area contributed by atoms with Crippen LogP contribution in [0.1, 0.15) is 32.1 Å². The summed E-state index contributed by atoms with van der Waals surface area (Å²) >= 11 is 0. The summed E-state index contributed by atoms with van der Waals surface area (Å²) in [6.07, 6.45) is 4.04. The average Bonchev–Trinajstić information content (AvgIpc) is 2.68. The van der Waals surface area contributed by atoms with Crippen molar-refractivity contribution < 1.29 is 22.7 Å². The van der Waals surface area contributed by atoms with E-state index in [0.717, 1.165) is 19.3 Å². The van der Waals surface area contributed by atoms with Crippen LogP contribution >= 0.6 is 0 Å². The molecule has 0 unspecified atom stereocenters. The van der Waals surface area contributed by atoms with Gasteiger partial charge in [0.15, 0.2) is 0 Å². The van der Waals surface area contributed by atoms with Crippen LogP contribution in [-0.4, -0.2) is 50.7 Å². The van der Waals surface area contributed by atoms with Gasteiger partial charge in [-0.05, 0) is 43.9 Å². The highest BCUT2D eigenvalue weighted by Crippen LogP contribution is 2.40. The fraction of sp³-hybridized carbons (Fsp3) is 0.600. The van der Waals surface area contributed by atoms with Gasteiger partial charge in [0, 0.05) is 36.5 Å². The number of rotatable bonds is 4. The number of anilines is 1. The molecule has 2 bridgehead atoms. The van der Waals surface area contributed by atoms with Crippen LogP contribution in [0.15, 0.2) is 29.2 Å². The Hall–Kier alpha value is -1.77. The number of hydrogen-bond donors (Lipinski definition) is 1. The number of carbonyl (C=O) groups excluding carboxylic acids is 2. The Labute approximate surface area is 165 Å². The van der Waals surface area contributed by atoms with Crippen molar-refractivity contribution in [2.75, 3.05) is 31.6 Å². The van der Waals surface area contributed by atoms with E-state index in [4.69, 9.17) is 4.74 Å². The molecule has 1 saturated heterocycles. The lowest BCUT2D eigenvalue weighted by Crippen LogP contribution is -2.41. The Kier molecular flexibility index (Phi) is 5.53. The van der Waals surface area contributed by atoms with Crippen molar-refractivity contribution in [3.63, 3.8) is 0 Å². The maximum atomic E-state index is 12.8. The van der Waals surface area contributed by atoms with Gasteiger partial charge >= 0.3 is 0 Å². The zero-order chi connectivity index (χ0) is 19.7. The Morgan fingerprint density at radius 3 is 2.46 bits per heavy atom. The highest BCUT2D eigenvalue weighted by Gasteiger charge is 2.41. The van der Waals surface area contributed by atoms with Crippen molar-refractivity contribution >= 4 is 27.4 Å². The van der Waals surface area contributed by atoms with Gasteiger partial charge in [0.1, 0.15) is 5.78 Å². The lowest BCUT2D eigenvalue weighted by molar-refractivity contribution is -0.136. The van der Waals surface area contributed by atoms with Crippen molar-refractivity contribution in [1.82, 2.24) is 4.31 Å². The minimum Gasteiger partial charge on any atom is -0.379 e. The molecule has 1 amide bonds. The third kappa shape index (κ3) is 3.86. The van der Waals surface area contributed by atoms with Crippen molar-refractivity contribution in [2.45, 2.75) is 37.0 Å². The predicted molar refractivity (Wildman–Crippen MR) is 103 cm³/mol. The van der Waals surface area contributed by atoms with Crippen molar-refractivity contribution in [1.29, 1.82) is 0 Å². The monoisotopic (exact) mass is 406 g/mol. The standard InChI is InChI=1S/C20H26N2O5S/c23-19-14-3-1-4-15(19)12-16(11-14)20(24)21-17-5-2-6-18(13-17)28(25,26)22-7-9-27-10-8-22/h2,5-6,13-16H,1,3-4,7-12H2,(H,21,24)/t14-,15-/m0/s1. The van der Waals surface area contributed by atoms with E-state index in [1.165, 1.54) is 10.4 Å². The molecule has 1 heterocycles. The Morgan fingerprint density at radius 2 is 1.79 bits per heavy atom. The SMILES string of the molecule is O=C(Nc1cccc(S(=O)(=O)N2CCOCC2)c1)C1C[C@@H]2CCC[C@@H](C1)C2=O. The number of sulfonamides is 1. The smallest absolute Gasteiger partial charge is 0.243 e. The lowest BCUT2D eigenvalue weighted by Gasteiger charge is -2.36. The van der Waals surface area contributed by atoms with Gasteiger partial charge in [0.2, 0.25) is 15.9 Å². The summed E-state index contributed by atoms with van der Waals surface area (Å²) in [5, 5.41) is 2.87. The average molecular weight is 407 g/mol. The molecular formula is C20H26N2O5S. The second kappa shape index (κ2) is 7.93. The molecule has 1 N–H and O–H groups in total. The summed E-state index contributed by atoms with van der Waals surface area (Å²) < 4.78 is 32.3. The Morgan fingerprint density at radius 1 is 1.11 bits per heavy atom. The van der Waals surface area contributed by atoms with Crippen molar-refractivity contribution in [3.8, 4) is 0 Å². The summed E-state index contributed by atoms with van der Waals surface area (Å²) in [6.45, 7) is 1.44. The molecule has 8 heteroatoms. The molecule has 1 aliphatic heterocycles. The number of morpholine rings is 1. The molecule has 0 spiro atoms. The van der Waals surface area contributed by atoms with Crippen LogP contribution in [0.3, 0.4) is 0 Å². The van der Waals surface area contributed by atoms with E-state index < -0.39 is 10.0 Å². The molecule has 2 saturated carbocycles. The Balaban J connectivity index is 1.46. The van der Waals surface area contributed by atoms with E-state index in [-0.39, 0.29) is 28.6 Å². The first-order chi connectivity index (χ1) is 13.4. The zero-order valence-corrected chi connectivity index (χ0v) is 16.6. The fourth-order valence-electron chi connectivity index (χ4n) is 4.61. The maximum Gasteiger partial charge on any atom is 0.243 e. The number of ether oxygens (including phenoxy) is 1. The Bertz CT molecular complexity index is 847. The van der Waals surface area contributed by atoms with E-state index in [1.54, 1.807) is 18.2 Å². The first-order valence-corrected chi connectivity index (χ1v) is 11.4. The van der Waals surface area contributed by atoms with Crippen molar-refractivity contribution in [2.24, 2.45) is 17.8 Å². The van der Waals surface area contributed by atoms with E-state index in [1.807, 2.05) is 0 Å². The van der Waals surface area contributed by atoms with Crippen LogP contribution in [0.2, 0.25) is 0 Å². The summed E-state index contributed by atoms with van der Waals surface area (Å²) in [5.74, 6) is 0.0410. The van der Waals surface area contributed by atoms with Crippen molar-refractivity contribution in [3.05, 3.63) is 24.3 Å². The van der Waals surface area contributed by atoms with E-state index in [9.17, 15) is 18.0 Å². The van der Waals surface area contributed by atoms with Crippen LogP contribution in [0.5, 0.6) is 0 Å². The van der Waals surface area contributed by atoms with Crippen LogP contribution in [0, 0.1) is 17.8 Å². The molecular weight excluding hydrogens is 380 g/mol. The van der Waals surface area contributed by atoms with E-state index in [2.05, 4.69) is 5.32 Å². The quantitative estimate of drug-likeness (QED) is 0.826. The summed E-state index contributed by atoms with van der Waals surface area (Å²) in [5.41, 5.74) is 0.474. The largest absolute Gasteiger partial charge is 0.379 e. The number of fused-ring (bicyclic) bond motifs is 2. The molecule has 0 radical (unpaired) electrons.